The monoisotopic (exact) mass is 134 g/mol. The number of hydrogen-bond donors (Lipinski definition) is 0. The minimum atomic E-state index is 0.628. The van der Waals surface area contributed by atoms with E-state index in [9.17, 15) is 0 Å². The smallest absolute Gasteiger partial charge is 0.0691 e. The van der Waals surface area contributed by atoms with Gasteiger partial charge < -0.3 is 0 Å². The lowest BCUT2D eigenvalue weighted by Gasteiger charge is -1.98. The molecule has 1 aromatic rings. The largest absolute Gasteiger partial charge is 0.159 e. The zero-order chi connectivity index (χ0) is 6.97. The van der Waals surface area contributed by atoms with Gasteiger partial charge in [0, 0.05) is 12.1 Å². The Kier molecular flexibility index (Phi) is 1.19. The molecule has 0 saturated carbocycles. The van der Waals surface area contributed by atoms with Crippen molar-refractivity contribution < 1.29 is 0 Å². The lowest BCUT2D eigenvalue weighted by molar-refractivity contribution is 0.719. The van der Waals surface area contributed by atoms with Gasteiger partial charge in [0.05, 0.1) is 5.69 Å². The van der Waals surface area contributed by atoms with Gasteiger partial charge in [-0.1, -0.05) is 6.92 Å². The van der Waals surface area contributed by atoms with E-state index < -0.39 is 0 Å². The summed E-state index contributed by atoms with van der Waals surface area (Å²) in [7, 11) is 0. The van der Waals surface area contributed by atoms with Crippen LogP contribution < -0.4 is 0 Å². The molecule has 0 radical (unpaired) electrons. The molecule has 0 aliphatic heterocycles. The van der Waals surface area contributed by atoms with Gasteiger partial charge in [0.2, 0.25) is 0 Å². The van der Waals surface area contributed by atoms with Gasteiger partial charge in [-0.25, -0.2) is 0 Å². The molecule has 1 aliphatic carbocycles. The molecule has 52 valence electrons. The molecule has 0 unspecified atom stereocenters. The Morgan fingerprint density at radius 2 is 2.50 bits per heavy atom. The first-order chi connectivity index (χ1) is 4.88. The molecule has 1 atom stereocenters. The average Bonchev–Trinajstić information content (AvgIpc) is 2.34. The van der Waals surface area contributed by atoms with Gasteiger partial charge in [0.1, 0.15) is 0 Å². The standard InChI is InChI=1S/C8H10N2/c1-6-2-3-7-4-5-9-10-8(6)7/h4-6H,2-3H2,1H3/t6-/m1/s1. The van der Waals surface area contributed by atoms with Crippen LogP contribution in [0.1, 0.15) is 30.5 Å². The molecule has 0 spiro atoms. The van der Waals surface area contributed by atoms with E-state index in [4.69, 9.17) is 0 Å². The maximum absolute atomic E-state index is 4.09. The fraction of sp³-hybridized carbons (Fsp3) is 0.500. The molecule has 0 saturated heterocycles. The van der Waals surface area contributed by atoms with Crippen LogP contribution in [0.3, 0.4) is 0 Å². The molecule has 1 heterocycles. The second kappa shape index (κ2) is 2.04. The Bertz CT molecular complexity index is 245. The lowest BCUT2D eigenvalue weighted by atomic mass is 10.1. The molecule has 1 aromatic heterocycles. The highest BCUT2D eigenvalue weighted by Crippen LogP contribution is 2.29. The van der Waals surface area contributed by atoms with Gasteiger partial charge in [-0.15, -0.1) is 0 Å². The van der Waals surface area contributed by atoms with E-state index in [-0.39, 0.29) is 0 Å². The number of hydrogen-bond acceptors (Lipinski definition) is 2. The summed E-state index contributed by atoms with van der Waals surface area (Å²) >= 11 is 0. The topological polar surface area (TPSA) is 25.8 Å². The summed E-state index contributed by atoms with van der Waals surface area (Å²) in [5.41, 5.74) is 2.60. The Hall–Kier alpha value is -0.920. The molecule has 2 heteroatoms. The fourth-order valence-corrected chi connectivity index (χ4v) is 1.50. The summed E-state index contributed by atoms with van der Waals surface area (Å²) in [6.45, 7) is 2.21. The highest BCUT2D eigenvalue weighted by molar-refractivity contribution is 5.25. The van der Waals surface area contributed by atoms with Crippen molar-refractivity contribution in [2.24, 2.45) is 0 Å². The number of nitrogens with zero attached hydrogens (tertiary/aromatic N) is 2. The van der Waals surface area contributed by atoms with E-state index in [0.717, 1.165) is 0 Å². The minimum Gasteiger partial charge on any atom is -0.159 e. The maximum atomic E-state index is 4.09. The van der Waals surface area contributed by atoms with E-state index in [1.807, 2.05) is 0 Å². The maximum Gasteiger partial charge on any atom is 0.0691 e. The van der Waals surface area contributed by atoms with Crippen molar-refractivity contribution in [2.75, 3.05) is 0 Å². The van der Waals surface area contributed by atoms with Crippen LogP contribution in [0.2, 0.25) is 0 Å². The second-order valence-corrected chi connectivity index (χ2v) is 2.88. The molecule has 0 aromatic carbocycles. The van der Waals surface area contributed by atoms with Crippen molar-refractivity contribution in [1.82, 2.24) is 10.2 Å². The number of aryl methyl sites for hydroxylation is 1. The van der Waals surface area contributed by atoms with E-state index in [2.05, 4.69) is 23.2 Å². The zero-order valence-electron chi connectivity index (χ0n) is 6.04. The van der Waals surface area contributed by atoms with Crippen molar-refractivity contribution in [3.05, 3.63) is 23.5 Å². The molecule has 0 bridgehead atoms. The van der Waals surface area contributed by atoms with Gasteiger partial charge in [-0.2, -0.15) is 10.2 Å². The highest BCUT2D eigenvalue weighted by atomic mass is 15.1. The van der Waals surface area contributed by atoms with Gasteiger partial charge in [0.15, 0.2) is 0 Å². The van der Waals surface area contributed by atoms with Crippen LogP contribution in [0.25, 0.3) is 0 Å². The Morgan fingerprint density at radius 1 is 1.60 bits per heavy atom. The third-order valence-corrected chi connectivity index (χ3v) is 2.15. The van der Waals surface area contributed by atoms with Gasteiger partial charge >= 0.3 is 0 Å². The Balaban J connectivity index is 2.51. The molecule has 0 N–H and O–H groups in total. The summed E-state index contributed by atoms with van der Waals surface area (Å²) in [6, 6.07) is 2.08. The molecule has 1 aliphatic rings. The van der Waals surface area contributed by atoms with Crippen molar-refractivity contribution in [3.63, 3.8) is 0 Å². The number of fused-ring (bicyclic) bond motifs is 1. The van der Waals surface area contributed by atoms with Crippen LogP contribution in [0.15, 0.2) is 12.3 Å². The molecular formula is C8H10N2. The quantitative estimate of drug-likeness (QED) is 0.537. The van der Waals surface area contributed by atoms with Crippen LogP contribution in [-0.2, 0) is 6.42 Å². The van der Waals surface area contributed by atoms with Crippen LogP contribution in [0.5, 0.6) is 0 Å². The number of aromatic nitrogens is 2. The van der Waals surface area contributed by atoms with Crippen molar-refractivity contribution in [2.45, 2.75) is 25.7 Å². The van der Waals surface area contributed by atoms with Crippen LogP contribution >= 0.6 is 0 Å². The predicted molar refractivity (Wildman–Crippen MR) is 38.8 cm³/mol. The third-order valence-electron chi connectivity index (χ3n) is 2.15. The third kappa shape index (κ3) is 0.719. The first-order valence-corrected chi connectivity index (χ1v) is 3.68. The summed E-state index contributed by atoms with van der Waals surface area (Å²) in [4.78, 5) is 0. The molecule has 10 heavy (non-hydrogen) atoms. The Labute approximate surface area is 60.3 Å². The van der Waals surface area contributed by atoms with E-state index in [0.29, 0.717) is 5.92 Å². The van der Waals surface area contributed by atoms with Gasteiger partial charge in [-0.05, 0) is 24.5 Å². The van der Waals surface area contributed by atoms with Crippen molar-refractivity contribution >= 4 is 0 Å². The lowest BCUT2D eigenvalue weighted by Crippen LogP contribution is -1.92. The molecular weight excluding hydrogens is 124 g/mol. The highest BCUT2D eigenvalue weighted by Gasteiger charge is 2.19. The zero-order valence-corrected chi connectivity index (χ0v) is 6.04. The van der Waals surface area contributed by atoms with Crippen molar-refractivity contribution in [1.29, 1.82) is 0 Å². The minimum absolute atomic E-state index is 0.628. The summed E-state index contributed by atoms with van der Waals surface area (Å²) in [6.07, 6.45) is 4.21. The van der Waals surface area contributed by atoms with E-state index in [1.165, 1.54) is 24.1 Å². The SMILES string of the molecule is C[C@@H]1CCc2ccnnc21. The molecule has 2 nitrogen and oxygen atoms in total. The molecule has 0 fully saturated rings. The fourth-order valence-electron chi connectivity index (χ4n) is 1.50. The summed E-state index contributed by atoms with van der Waals surface area (Å²) in [5, 5.41) is 7.95. The summed E-state index contributed by atoms with van der Waals surface area (Å²) < 4.78 is 0. The first-order valence-electron chi connectivity index (χ1n) is 3.68. The van der Waals surface area contributed by atoms with Crippen LogP contribution in [0.4, 0.5) is 0 Å². The van der Waals surface area contributed by atoms with Crippen LogP contribution in [0, 0.1) is 0 Å². The van der Waals surface area contributed by atoms with E-state index in [1.54, 1.807) is 6.20 Å². The molecule has 0 amide bonds. The first kappa shape index (κ1) is 5.83. The van der Waals surface area contributed by atoms with Gasteiger partial charge in [-0.3, -0.25) is 0 Å². The van der Waals surface area contributed by atoms with Gasteiger partial charge in [0.25, 0.3) is 0 Å². The van der Waals surface area contributed by atoms with E-state index >= 15 is 0 Å². The van der Waals surface area contributed by atoms with Crippen molar-refractivity contribution in [3.8, 4) is 0 Å². The van der Waals surface area contributed by atoms with Crippen LogP contribution in [-0.4, -0.2) is 10.2 Å². The second-order valence-electron chi connectivity index (χ2n) is 2.88. The molecule has 2 rings (SSSR count). The summed E-state index contributed by atoms with van der Waals surface area (Å²) in [5.74, 6) is 0.628. The average molecular weight is 134 g/mol. The normalized spacial score (nSPS) is 22.7. The number of rotatable bonds is 0. The Morgan fingerprint density at radius 3 is 3.30 bits per heavy atom. The predicted octanol–water partition coefficient (Wildman–Crippen LogP) is 1.53.